The van der Waals surface area contributed by atoms with Gasteiger partial charge in [0.05, 0.1) is 18.1 Å². The topological polar surface area (TPSA) is 75.4 Å². The standard InChI is InChI=1S/C14H17N3O3S/c1-2-16-9-14(15-10-16)21(19,20)17-8-7-13(18)11-5-3-4-6-12(11)17/h3-6,9-10,13,18H,2,7-8H2,1H3. The molecule has 0 radical (unpaired) electrons. The van der Waals surface area contributed by atoms with E-state index in [1.165, 1.54) is 16.8 Å². The van der Waals surface area contributed by atoms with Gasteiger partial charge in [-0.3, -0.25) is 4.31 Å². The van der Waals surface area contributed by atoms with Gasteiger partial charge in [-0.25, -0.2) is 4.98 Å². The highest BCUT2D eigenvalue weighted by molar-refractivity contribution is 7.92. The molecule has 0 spiro atoms. The van der Waals surface area contributed by atoms with Gasteiger partial charge in [-0.2, -0.15) is 8.42 Å². The van der Waals surface area contributed by atoms with Crippen LogP contribution in [0.1, 0.15) is 25.0 Å². The third-order valence-corrected chi connectivity index (χ3v) is 5.40. The maximum Gasteiger partial charge on any atom is 0.283 e. The minimum absolute atomic E-state index is 0.0375. The molecule has 6 nitrogen and oxygen atoms in total. The van der Waals surface area contributed by atoms with Gasteiger partial charge >= 0.3 is 0 Å². The Hall–Kier alpha value is -1.86. The van der Waals surface area contributed by atoms with Gasteiger partial charge in [0.25, 0.3) is 10.0 Å². The van der Waals surface area contributed by atoms with Gasteiger partial charge in [0.1, 0.15) is 0 Å². The van der Waals surface area contributed by atoms with Gasteiger partial charge < -0.3 is 9.67 Å². The number of rotatable bonds is 3. The second-order valence-electron chi connectivity index (χ2n) is 4.98. The molecule has 0 bridgehead atoms. The summed E-state index contributed by atoms with van der Waals surface area (Å²) in [5, 5.41) is 10.1. The molecule has 3 rings (SSSR count). The van der Waals surface area contributed by atoms with E-state index in [0.29, 0.717) is 24.2 Å². The second kappa shape index (κ2) is 5.16. The van der Waals surface area contributed by atoms with Crippen LogP contribution in [0.15, 0.2) is 41.8 Å². The van der Waals surface area contributed by atoms with Crippen LogP contribution in [0.25, 0.3) is 0 Å². The summed E-state index contributed by atoms with van der Waals surface area (Å²) in [6, 6.07) is 7.03. The average Bonchev–Trinajstić information content (AvgIpc) is 2.97. The number of hydrogen-bond donors (Lipinski definition) is 1. The summed E-state index contributed by atoms with van der Waals surface area (Å²) in [5.41, 5.74) is 1.17. The number of anilines is 1. The zero-order chi connectivity index (χ0) is 15.0. The SMILES string of the molecule is CCn1cnc(S(=O)(=O)N2CCC(O)c3ccccc32)c1. The van der Waals surface area contributed by atoms with Crippen molar-refractivity contribution < 1.29 is 13.5 Å². The van der Waals surface area contributed by atoms with Gasteiger partial charge in [0, 0.05) is 24.8 Å². The number of fused-ring (bicyclic) bond motifs is 1. The Labute approximate surface area is 123 Å². The van der Waals surface area contributed by atoms with Crippen molar-refractivity contribution >= 4 is 15.7 Å². The number of aromatic nitrogens is 2. The minimum Gasteiger partial charge on any atom is -0.388 e. The molecule has 1 atom stereocenters. The first kappa shape index (κ1) is 14.1. The molecular weight excluding hydrogens is 290 g/mol. The van der Waals surface area contributed by atoms with E-state index < -0.39 is 16.1 Å². The lowest BCUT2D eigenvalue weighted by molar-refractivity contribution is 0.166. The fourth-order valence-electron chi connectivity index (χ4n) is 2.52. The van der Waals surface area contributed by atoms with Crippen molar-refractivity contribution in [1.82, 2.24) is 9.55 Å². The first-order valence-electron chi connectivity index (χ1n) is 6.85. The maximum absolute atomic E-state index is 12.8. The van der Waals surface area contributed by atoms with E-state index in [2.05, 4.69) is 4.98 Å². The lowest BCUT2D eigenvalue weighted by Crippen LogP contribution is -2.36. The fourth-order valence-corrected chi connectivity index (χ4v) is 3.97. The van der Waals surface area contributed by atoms with Crippen LogP contribution in [0.3, 0.4) is 0 Å². The third kappa shape index (κ3) is 2.32. The molecular formula is C14H17N3O3S. The van der Waals surface area contributed by atoms with Crippen LogP contribution in [0.2, 0.25) is 0 Å². The smallest absolute Gasteiger partial charge is 0.283 e. The highest BCUT2D eigenvalue weighted by Gasteiger charge is 2.33. The van der Waals surface area contributed by atoms with Crippen molar-refractivity contribution in [3.63, 3.8) is 0 Å². The Morgan fingerprint density at radius 1 is 1.38 bits per heavy atom. The molecule has 0 amide bonds. The predicted molar refractivity (Wildman–Crippen MR) is 78.5 cm³/mol. The minimum atomic E-state index is -3.70. The zero-order valence-electron chi connectivity index (χ0n) is 11.7. The number of aliphatic hydroxyl groups excluding tert-OH is 1. The van der Waals surface area contributed by atoms with Crippen LogP contribution in [-0.4, -0.2) is 29.6 Å². The van der Waals surface area contributed by atoms with Crippen molar-refractivity contribution in [3.8, 4) is 0 Å². The van der Waals surface area contributed by atoms with E-state index >= 15 is 0 Å². The molecule has 1 unspecified atom stereocenters. The Bertz CT molecular complexity index is 754. The lowest BCUT2D eigenvalue weighted by Gasteiger charge is -2.32. The van der Waals surface area contributed by atoms with Crippen molar-refractivity contribution in [2.75, 3.05) is 10.8 Å². The van der Waals surface area contributed by atoms with Gasteiger partial charge in [-0.1, -0.05) is 18.2 Å². The van der Waals surface area contributed by atoms with Gasteiger partial charge in [0.15, 0.2) is 5.03 Å². The number of benzene rings is 1. The normalized spacial score (nSPS) is 18.6. The van der Waals surface area contributed by atoms with Gasteiger partial charge in [0.2, 0.25) is 0 Å². The number of nitrogens with zero attached hydrogens (tertiary/aromatic N) is 3. The third-order valence-electron chi connectivity index (χ3n) is 3.70. The molecule has 0 saturated carbocycles. The highest BCUT2D eigenvalue weighted by atomic mass is 32.2. The fraction of sp³-hybridized carbons (Fsp3) is 0.357. The first-order chi connectivity index (χ1) is 10.0. The molecule has 2 heterocycles. The molecule has 112 valence electrons. The lowest BCUT2D eigenvalue weighted by atomic mass is 10.0. The van der Waals surface area contributed by atoms with E-state index in [9.17, 15) is 13.5 Å². The molecule has 1 aliphatic heterocycles. The van der Waals surface area contributed by atoms with E-state index in [1.54, 1.807) is 28.8 Å². The largest absolute Gasteiger partial charge is 0.388 e. The molecule has 7 heteroatoms. The number of aryl methyl sites for hydroxylation is 1. The van der Waals surface area contributed by atoms with Gasteiger partial charge in [-0.15, -0.1) is 0 Å². The quantitative estimate of drug-likeness (QED) is 0.933. The second-order valence-corrected chi connectivity index (χ2v) is 6.79. The molecule has 1 aromatic carbocycles. The van der Waals surface area contributed by atoms with E-state index in [0.717, 1.165) is 0 Å². The van der Waals surface area contributed by atoms with Crippen molar-refractivity contribution in [2.45, 2.75) is 31.0 Å². The summed E-state index contributed by atoms with van der Waals surface area (Å²) < 4.78 is 28.6. The number of imidazole rings is 1. The van der Waals surface area contributed by atoms with E-state index in [-0.39, 0.29) is 11.6 Å². The summed E-state index contributed by atoms with van der Waals surface area (Å²) in [7, 11) is -3.70. The molecule has 0 fully saturated rings. The first-order valence-corrected chi connectivity index (χ1v) is 8.29. The van der Waals surface area contributed by atoms with Crippen LogP contribution in [0.5, 0.6) is 0 Å². The summed E-state index contributed by atoms with van der Waals surface area (Å²) in [4.78, 5) is 4.00. The molecule has 2 aromatic rings. The maximum atomic E-state index is 12.8. The zero-order valence-corrected chi connectivity index (χ0v) is 12.5. The van der Waals surface area contributed by atoms with E-state index in [1.807, 2.05) is 6.92 Å². The number of hydrogen-bond acceptors (Lipinski definition) is 4. The number of sulfonamides is 1. The Morgan fingerprint density at radius 3 is 2.86 bits per heavy atom. The molecule has 0 aliphatic carbocycles. The molecule has 21 heavy (non-hydrogen) atoms. The monoisotopic (exact) mass is 307 g/mol. The molecule has 1 N–H and O–H groups in total. The van der Waals surface area contributed by atoms with Gasteiger partial charge in [-0.05, 0) is 19.4 Å². The van der Waals surface area contributed by atoms with Crippen molar-refractivity contribution in [2.24, 2.45) is 0 Å². The van der Waals surface area contributed by atoms with Crippen LogP contribution in [-0.2, 0) is 16.6 Å². The number of aliphatic hydroxyl groups is 1. The molecule has 1 aromatic heterocycles. The summed E-state index contributed by atoms with van der Waals surface area (Å²) in [5.74, 6) is 0. The average molecular weight is 307 g/mol. The van der Waals surface area contributed by atoms with Crippen LogP contribution >= 0.6 is 0 Å². The Kier molecular flexibility index (Phi) is 3.46. The Balaban J connectivity index is 2.06. The molecule has 0 saturated heterocycles. The van der Waals surface area contributed by atoms with E-state index in [4.69, 9.17) is 0 Å². The van der Waals surface area contributed by atoms with Crippen molar-refractivity contribution in [1.29, 1.82) is 0 Å². The van der Waals surface area contributed by atoms with Crippen LogP contribution in [0.4, 0.5) is 5.69 Å². The molecule has 1 aliphatic rings. The highest BCUT2D eigenvalue weighted by Crippen LogP contribution is 2.36. The van der Waals surface area contributed by atoms with Crippen LogP contribution in [0, 0.1) is 0 Å². The van der Waals surface area contributed by atoms with Crippen LogP contribution < -0.4 is 4.31 Å². The summed E-state index contributed by atoms with van der Waals surface area (Å²) in [6.07, 6.45) is 2.80. The predicted octanol–water partition coefficient (Wildman–Crippen LogP) is 1.54. The summed E-state index contributed by atoms with van der Waals surface area (Å²) in [6.45, 7) is 2.84. The van der Waals surface area contributed by atoms with Crippen molar-refractivity contribution in [3.05, 3.63) is 42.4 Å². The number of para-hydroxylation sites is 1. The Morgan fingerprint density at radius 2 is 2.14 bits per heavy atom. The summed E-state index contributed by atoms with van der Waals surface area (Å²) >= 11 is 0.